The Morgan fingerprint density at radius 3 is 2.53 bits per heavy atom. The van der Waals surface area contributed by atoms with Crippen LogP contribution in [0.25, 0.3) is 0 Å². The van der Waals surface area contributed by atoms with Crippen LogP contribution in [0.2, 0.25) is 0 Å². The van der Waals surface area contributed by atoms with Gasteiger partial charge in [-0.15, -0.1) is 12.4 Å². The van der Waals surface area contributed by atoms with Crippen molar-refractivity contribution in [1.82, 2.24) is 0 Å². The minimum atomic E-state index is -0.724. The molecule has 0 radical (unpaired) electrons. The lowest BCUT2D eigenvalue weighted by Gasteiger charge is -2.47. The summed E-state index contributed by atoms with van der Waals surface area (Å²) in [5.41, 5.74) is 0.201. The van der Waals surface area contributed by atoms with E-state index in [1.165, 1.54) is 6.42 Å². The van der Waals surface area contributed by atoms with Gasteiger partial charge in [0.2, 0.25) is 0 Å². The number of ether oxygens (including phenoxy) is 1. The standard InChI is InChI=1S/C16H24O2.ClH/c1-4-18-14-9-7-8-13(12-14)16(17)11-6-5-10-15(16,2)3;/h7-9,12,17H,4-6,10-11H2,1-3H3;1H. The van der Waals surface area contributed by atoms with Crippen molar-refractivity contribution in [2.24, 2.45) is 5.41 Å². The van der Waals surface area contributed by atoms with Crippen LogP contribution in [0.5, 0.6) is 5.75 Å². The molecule has 0 amide bonds. The van der Waals surface area contributed by atoms with E-state index in [1.807, 2.05) is 31.2 Å². The fourth-order valence-electron chi connectivity index (χ4n) is 3.04. The molecule has 1 saturated carbocycles. The molecule has 108 valence electrons. The Balaban J connectivity index is 0.00000180. The van der Waals surface area contributed by atoms with Crippen molar-refractivity contribution in [3.63, 3.8) is 0 Å². The first kappa shape index (κ1) is 16.3. The molecule has 0 saturated heterocycles. The van der Waals surface area contributed by atoms with Crippen LogP contribution in [0.15, 0.2) is 24.3 Å². The van der Waals surface area contributed by atoms with E-state index in [1.54, 1.807) is 0 Å². The SMILES string of the molecule is CCOc1cccc(C2(O)CCCCC2(C)C)c1.Cl. The molecule has 0 bridgehead atoms. The molecule has 19 heavy (non-hydrogen) atoms. The first-order valence-electron chi connectivity index (χ1n) is 6.95. The zero-order chi connectivity index (χ0) is 13.2. The van der Waals surface area contributed by atoms with E-state index >= 15 is 0 Å². The minimum Gasteiger partial charge on any atom is -0.494 e. The number of hydrogen-bond donors (Lipinski definition) is 1. The second-order valence-corrected chi connectivity index (χ2v) is 5.91. The topological polar surface area (TPSA) is 29.5 Å². The Bertz CT molecular complexity index is 417. The summed E-state index contributed by atoms with van der Waals surface area (Å²) >= 11 is 0. The van der Waals surface area contributed by atoms with Crippen molar-refractivity contribution in [1.29, 1.82) is 0 Å². The first-order chi connectivity index (χ1) is 8.49. The van der Waals surface area contributed by atoms with Gasteiger partial charge in [0.15, 0.2) is 0 Å². The molecule has 1 unspecified atom stereocenters. The van der Waals surface area contributed by atoms with Gasteiger partial charge >= 0.3 is 0 Å². The van der Waals surface area contributed by atoms with Gasteiger partial charge in [-0.05, 0) is 42.9 Å². The molecular formula is C16H25ClO2. The molecule has 3 heteroatoms. The Morgan fingerprint density at radius 2 is 1.89 bits per heavy atom. The lowest BCUT2D eigenvalue weighted by Crippen LogP contribution is -2.44. The van der Waals surface area contributed by atoms with Gasteiger partial charge in [0.05, 0.1) is 12.2 Å². The van der Waals surface area contributed by atoms with Gasteiger partial charge in [0, 0.05) is 0 Å². The molecule has 1 fully saturated rings. The maximum Gasteiger partial charge on any atom is 0.119 e. The third kappa shape index (κ3) is 3.06. The Kier molecular flexibility index (Phi) is 5.28. The molecule has 0 aliphatic heterocycles. The molecule has 1 aromatic carbocycles. The third-order valence-electron chi connectivity index (χ3n) is 4.33. The van der Waals surface area contributed by atoms with Crippen LogP contribution in [0, 0.1) is 5.41 Å². The van der Waals surface area contributed by atoms with Crippen LogP contribution in [-0.4, -0.2) is 11.7 Å². The van der Waals surface area contributed by atoms with Crippen molar-refractivity contribution >= 4 is 12.4 Å². The smallest absolute Gasteiger partial charge is 0.119 e. The van der Waals surface area contributed by atoms with Gasteiger partial charge in [-0.1, -0.05) is 38.8 Å². The predicted molar refractivity (Wildman–Crippen MR) is 81.0 cm³/mol. The van der Waals surface area contributed by atoms with Gasteiger partial charge in [-0.3, -0.25) is 0 Å². The van der Waals surface area contributed by atoms with E-state index in [2.05, 4.69) is 13.8 Å². The summed E-state index contributed by atoms with van der Waals surface area (Å²) in [6.07, 6.45) is 4.22. The Labute approximate surface area is 122 Å². The molecule has 1 aliphatic rings. The quantitative estimate of drug-likeness (QED) is 0.897. The van der Waals surface area contributed by atoms with Gasteiger partial charge in [-0.2, -0.15) is 0 Å². The molecule has 2 nitrogen and oxygen atoms in total. The maximum atomic E-state index is 11.1. The highest BCUT2D eigenvalue weighted by molar-refractivity contribution is 5.85. The summed E-state index contributed by atoms with van der Waals surface area (Å²) in [5.74, 6) is 0.852. The van der Waals surface area contributed by atoms with Crippen molar-refractivity contribution in [2.45, 2.75) is 52.1 Å². The summed E-state index contributed by atoms with van der Waals surface area (Å²) in [7, 11) is 0. The van der Waals surface area contributed by atoms with Gasteiger partial charge < -0.3 is 9.84 Å². The van der Waals surface area contributed by atoms with Crippen LogP contribution in [0.4, 0.5) is 0 Å². The van der Waals surface area contributed by atoms with Crippen molar-refractivity contribution in [3.8, 4) is 5.75 Å². The number of rotatable bonds is 3. The average molecular weight is 285 g/mol. The second-order valence-electron chi connectivity index (χ2n) is 5.91. The number of hydrogen-bond acceptors (Lipinski definition) is 2. The number of benzene rings is 1. The average Bonchev–Trinajstić information content (AvgIpc) is 2.34. The van der Waals surface area contributed by atoms with Crippen LogP contribution < -0.4 is 4.74 Å². The third-order valence-corrected chi connectivity index (χ3v) is 4.33. The van der Waals surface area contributed by atoms with Gasteiger partial charge in [-0.25, -0.2) is 0 Å². The second kappa shape index (κ2) is 6.15. The van der Waals surface area contributed by atoms with Crippen molar-refractivity contribution in [2.75, 3.05) is 6.61 Å². The molecule has 0 spiro atoms. The summed E-state index contributed by atoms with van der Waals surface area (Å²) in [5, 5.41) is 11.1. The fraction of sp³-hybridized carbons (Fsp3) is 0.625. The zero-order valence-electron chi connectivity index (χ0n) is 12.1. The van der Waals surface area contributed by atoms with E-state index in [4.69, 9.17) is 4.74 Å². The van der Waals surface area contributed by atoms with E-state index in [0.29, 0.717) is 6.61 Å². The van der Waals surface area contributed by atoms with E-state index < -0.39 is 5.60 Å². The van der Waals surface area contributed by atoms with Crippen LogP contribution in [-0.2, 0) is 5.60 Å². The van der Waals surface area contributed by atoms with Gasteiger partial charge in [0.25, 0.3) is 0 Å². The molecule has 1 atom stereocenters. The Morgan fingerprint density at radius 1 is 1.21 bits per heavy atom. The number of aliphatic hydroxyl groups is 1. The summed E-state index contributed by atoms with van der Waals surface area (Å²) < 4.78 is 5.54. The minimum absolute atomic E-state index is 0. The molecule has 1 aliphatic carbocycles. The first-order valence-corrected chi connectivity index (χ1v) is 6.95. The normalized spacial score (nSPS) is 25.5. The van der Waals surface area contributed by atoms with Crippen LogP contribution >= 0.6 is 12.4 Å². The van der Waals surface area contributed by atoms with E-state index in [9.17, 15) is 5.11 Å². The largest absolute Gasteiger partial charge is 0.494 e. The van der Waals surface area contributed by atoms with Crippen molar-refractivity contribution < 1.29 is 9.84 Å². The fourth-order valence-corrected chi connectivity index (χ4v) is 3.04. The summed E-state index contributed by atoms with van der Waals surface area (Å²) in [6.45, 7) is 6.97. The van der Waals surface area contributed by atoms with Crippen LogP contribution in [0.1, 0.15) is 52.0 Å². The number of halogens is 1. The van der Waals surface area contributed by atoms with E-state index in [0.717, 1.165) is 30.6 Å². The molecule has 0 heterocycles. The van der Waals surface area contributed by atoms with E-state index in [-0.39, 0.29) is 17.8 Å². The summed E-state index contributed by atoms with van der Waals surface area (Å²) in [4.78, 5) is 0. The monoisotopic (exact) mass is 284 g/mol. The van der Waals surface area contributed by atoms with Gasteiger partial charge in [0.1, 0.15) is 5.75 Å². The molecule has 1 aromatic rings. The highest BCUT2D eigenvalue weighted by atomic mass is 35.5. The van der Waals surface area contributed by atoms with Crippen LogP contribution in [0.3, 0.4) is 0 Å². The van der Waals surface area contributed by atoms with Crippen molar-refractivity contribution in [3.05, 3.63) is 29.8 Å². The molecular weight excluding hydrogens is 260 g/mol. The molecule has 0 aromatic heterocycles. The molecule has 2 rings (SSSR count). The molecule has 1 N–H and O–H groups in total. The summed E-state index contributed by atoms with van der Waals surface area (Å²) in [6, 6.07) is 7.95. The zero-order valence-corrected chi connectivity index (χ0v) is 12.9. The Hall–Kier alpha value is -0.730. The maximum absolute atomic E-state index is 11.1. The lowest BCUT2D eigenvalue weighted by atomic mass is 9.62. The predicted octanol–water partition coefficient (Wildman–Crippen LogP) is 4.29. The highest BCUT2D eigenvalue weighted by Gasteiger charge is 2.46. The lowest BCUT2D eigenvalue weighted by molar-refractivity contribution is -0.104. The highest BCUT2D eigenvalue weighted by Crippen LogP contribution is 2.50.